The molecule has 2 nitrogen and oxygen atoms in total. The molecular weight excluding hydrogens is 138 g/mol. The first kappa shape index (κ1) is 8.75. The Bertz CT molecular complexity index is 136. The van der Waals surface area contributed by atoms with Gasteiger partial charge in [0.1, 0.15) is 0 Å². The van der Waals surface area contributed by atoms with Crippen molar-refractivity contribution in [3.05, 3.63) is 11.6 Å². The molecule has 0 spiro atoms. The van der Waals surface area contributed by atoms with Gasteiger partial charge in [-0.3, -0.25) is 0 Å². The standard InChI is InChI=1S/C9H17NO/c1-3-4-8(2)9-7-10-5-6-11-9/h4,9-10H,3,5-7H2,1-2H3/b8-4+. The molecule has 0 saturated carbocycles. The van der Waals surface area contributed by atoms with Crippen LogP contribution in [0, 0.1) is 0 Å². The molecule has 11 heavy (non-hydrogen) atoms. The lowest BCUT2D eigenvalue weighted by molar-refractivity contribution is 0.0517. The number of rotatable bonds is 2. The molecule has 1 unspecified atom stereocenters. The van der Waals surface area contributed by atoms with Crippen LogP contribution in [-0.2, 0) is 4.74 Å². The third-order valence-corrected chi connectivity index (χ3v) is 1.96. The molecule has 0 aromatic carbocycles. The second-order valence-electron chi connectivity index (χ2n) is 2.92. The summed E-state index contributed by atoms with van der Waals surface area (Å²) in [4.78, 5) is 0. The van der Waals surface area contributed by atoms with Crippen molar-refractivity contribution in [1.29, 1.82) is 0 Å². The summed E-state index contributed by atoms with van der Waals surface area (Å²) in [5, 5.41) is 3.31. The fourth-order valence-corrected chi connectivity index (χ4v) is 1.31. The summed E-state index contributed by atoms with van der Waals surface area (Å²) in [6.07, 6.45) is 3.66. The van der Waals surface area contributed by atoms with Crippen LogP contribution in [0.2, 0.25) is 0 Å². The topological polar surface area (TPSA) is 21.3 Å². The number of hydrogen-bond donors (Lipinski definition) is 1. The van der Waals surface area contributed by atoms with Crippen LogP contribution >= 0.6 is 0 Å². The SMILES string of the molecule is CC/C=C(\C)C1CNCCO1. The number of nitrogens with one attached hydrogen (secondary N) is 1. The Balaban J connectivity index is 2.38. The van der Waals surface area contributed by atoms with Crippen molar-refractivity contribution in [3.8, 4) is 0 Å². The van der Waals surface area contributed by atoms with E-state index in [1.54, 1.807) is 0 Å². The Hall–Kier alpha value is -0.340. The Labute approximate surface area is 68.6 Å². The van der Waals surface area contributed by atoms with Crippen molar-refractivity contribution in [2.45, 2.75) is 26.4 Å². The lowest BCUT2D eigenvalue weighted by Gasteiger charge is -2.24. The highest BCUT2D eigenvalue weighted by molar-refractivity contribution is 5.06. The van der Waals surface area contributed by atoms with E-state index in [1.165, 1.54) is 5.57 Å². The van der Waals surface area contributed by atoms with E-state index in [4.69, 9.17) is 4.74 Å². The quantitative estimate of drug-likeness (QED) is 0.607. The van der Waals surface area contributed by atoms with Crippen LogP contribution in [0.5, 0.6) is 0 Å². The minimum absolute atomic E-state index is 0.323. The maximum Gasteiger partial charge on any atom is 0.0907 e. The van der Waals surface area contributed by atoms with Crippen molar-refractivity contribution in [1.82, 2.24) is 5.32 Å². The molecule has 1 saturated heterocycles. The fraction of sp³-hybridized carbons (Fsp3) is 0.778. The van der Waals surface area contributed by atoms with Crippen LogP contribution in [0.1, 0.15) is 20.3 Å². The molecule has 0 aromatic rings. The molecule has 0 bridgehead atoms. The molecular formula is C9H17NO. The highest BCUT2D eigenvalue weighted by atomic mass is 16.5. The highest BCUT2D eigenvalue weighted by Gasteiger charge is 2.13. The summed E-state index contributed by atoms with van der Waals surface area (Å²) in [5.74, 6) is 0. The Morgan fingerprint density at radius 1 is 1.73 bits per heavy atom. The molecule has 1 fully saturated rings. The third kappa shape index (κ3) is 2.64. The van der Waals surface area contributed by atoms with E-state index >= 15 is 0 Å². The van der Waals surface area contributed by atoms with Crippen LogP contribution in [0.3, 0.4) is 0 Å². The van der Waals surface area contributed by atoms with Gasteiger partial charge in [0.2, 0.25) is 0 Å². The zero-order chi connectivity index (χ0) is 8.10. The lowest BCUT2D eigenvalue weighted by Crippen LogP contribution is -2.39. The first-order valence-electron chi connectivity index (χ1n) is 4.33. The summed E-state index contributed by atoms with van der Waals surface area (Å²) in [6, 6.07) is 0. The zero-order valence-electron chi connectivity index (χ0n) is 7.39. The summed E-state index contributed by atoms with van der Waals surface area (Å²) in [5.41, 5.74) is 1.36. The van der Waals surface area contributed by atoms with Crippen LogP contribution in [0.25, 0.3) is 0 Å². The molecule has 1 atom stereocenters. The Morgan fingerprint density at radius 2 is 2.55 bits per heavy atom. The average Bonchev–Trinajstić information content (AvgIpc) is 2.07. The molecule has 64 valence electrons. The molecule has 1 aliphatic rings. The van der Waals surface area contributed by atoms with Gasteiger partial charge in [-0.25, -0.2) is 0 Å². The minimum Gasteiger partial charge on any atom is -0.371 e. The van der Waals surface area contributed by atoms with Crippen molar-refractivity contribution in [2.75, 3.05) is 19.7 Å². The minimum atomic E-state index is 0.323. The van der Waals surface area contributed by atoms with Gasteiger partial charge in [0.05, 0.1) is 12.7 Å². The summed E-state index contributed by atoms with van der Waals surface area (Å²) < 4.78 is 5.56. The number of allylic oxidation sites excluding steroid dienone is 1. The van der Waals surface area contributed by atoms with Gasteiger partial charge >= 0.3 is 0 Å². The second kappa shape index (κ2) is 4.52. The van der Waals surface area contributed by atoms with Gasteiger partial charge in [0.25, 0.3) is 0 Å². The maximum atomic E-state index is 5.56. The van der Waals surface area contributed by atoms with Crippen molar-refractivity contribution in [3.63, 3.8) is 0 Å². The molecule has 2 heteroatoms. The lowest BCUT2D eigenvalue weighted by atomic mass is 10.1. The third-order valence-electron chi connectivity index (χ3n) is 1.96. The smallest absolute Gasteiger partial charge is 0.0907 e. The predicted molar refractivity (Wildman–Crippen MR) is 46.7 cm³/mol. The van der Waals surface area contributed by atoms with Crippen molar-refractivity contribution in [2.24, 2.45) is 0 Å². The predicted octanol–water partition coefficient (Wildman–Crippen LogP) is 1.33. The molecule has 0 aliphatic carbocycles. The summed E-state index contributed by atoms with van der Waals surface area (Å²) >= 11 is 0. The van der Waals surface area contributed by atoms with Crippen LogP contribution in [0.4, 0.5) is 0 Å². The van der Waals surface area contributed by atoms with Gasteiger partial charge in [0, 0.05) is 13.1 Å². The van der Waals surface area contributed by atoms with E-state index in [0.29, 0.717) is 6.10 Å². The van der Waals surface area contributed by atoms with Gasteiger partial charge in [-0.15, -0.1) is 0 Å². The molecule has 0 aromatic heterocycles. The number of hydrogen-bond acceptors (Lipinski definition) is 2. The van der Waals surface area contributed by atoms with Gasteiger partial charge in [0.15, 0.2) is 0 Å². The van der Waals surface area contributed by atoms with E-state index in [2.05, 4.69) is 25.2 Å². The van der Waals surface area contributed by atoms with Gasteiger partial charge in [-0.1, -0.05) is 13.0 Å². The molecule has 1 N–H and O–H groups in total. The average molecular weight is 155 g/mol. The fourth-order valence-electron chi connectivity index (χ4n) is 1.31. The highest BCUT2D eigenvalue weighted by Crippen LogP contribution is 2.08. The first-order chi connectivity index (χ1) is 5.34. The van der Waals surface area contributed by atoms with Gasteiger partial charge < -0.3 is 10.1 Å². The number of ether oxygens (including phenoxy) is 1. The zero-order valence-corrected chi connectivity index (χ0v) is 7.39. The number of morpholine rings is 1. The van der Waals surface area contributed by atoms with E-state index in [1.807, 2.05) is 0 Å². The van der Waals surface area contributed by atoms with E-state index in [0.717, 1.165) is 26.1 Å². The largest absolute Gasteiger partial charge is 0.371 e. The van der Waals surface area contributed by atoms with E-state index in [9.17, 15) is 0 Å². The summed E-state index contributed by atoms with van der Waals surface area (Å²) in [6.45, 7) is 7.11. The normalized spacial score (nSPS) is 27.1. The van der Waals surface area contributed by atoms with Crippen molar-refractivity contribution >= 4 is 0 Å². The molecule has 0 radical (unpaired) electrons. The summed E-state index contributed by atoms with van der Waals surface area (Å²) in [7, 11) is 0. The monoisotopic (exact) mass is 155 g/mol. The van der Waals surface area contributed by atoms with Crippen LogP contribution < -0.4 is 5.32 Å². The second-order valence-corrected chi connectivity index (χ2v) is 2.92. The Morgan fingerprint density at radius 3 is 3.09 bits per heavy atom. The molecule has 1 rings (SSSR count). The molecule has 1 heterocycles. The van der Waals surface area contributed by atoms with Gasteiger partial charge in [-0.2, -0.15) is 0 Å². The maximum absolute atomic E-state index is 5.56. The Kier molecular flexibility index (Phi) is 3.60. The van der Waals surface area contributed by atoms with Crippen LogP contribution in [-0.4, -0.2) is 25.8 Å². The van der Waals surface area contributed by atoms with Crippen molar-refractivity contribution < 1.29 is 4.74 Å². The molecule has 1 aliphatic heterocycles. The molecule has 0 amide bonds. The first-order valence-corrected chi connectivity index (χ1v) is 4.33. The van der Waals surface area contributed by atoms with E-state index < -0.39 is 0 Å². The van der Waals surface area contributed by atoms with Gasteiger partial charge in [-0.05, 0) is 18.9 Å². The van der Waals surface area contributed by atoms with E-state index in [-0.39, 0.29) is 0 Å². The van der Waals surface area contributed by atoms with Crippen LogP contribution in [0.15, 0.2) is 11.6 Å².